The van der Waals surface area contributed by atoms with E-state index in [0.717, 1.165) is 16.5 Å². The van der Waals surface area contributed by atoms with Crippen molar-refractivity contribution in [2.24, 2.45) is 0 Å². The highest BCUT2D eigenvalue weighted by atomic mass is 16.6. The Hall–Kier alpha value is -2.87. The molecule has 0 spiro atoms. The van der Waals surface area contributed by atoms with Gasteiger partial charge in [0, 0.05) is 11.5 Å². The molecule has 2 aromatic carbocycles. The summed E-state index contributed by atoms with van der Waals surface area (Å²) in [5.74, 6) is 1.06. The van der Waals surface area contributed by atoms with Gasteiger partial charge in [-0.2, -0.15) is 0 Å². The zero-order chi connectivity index (χ0) is 21.5. The number of rotatable bonds is 1. The van der Waals surface area contributed by atoms with Crippen molar-refractivity contribution in [3.8, 4) is 22.6 Å². The Labute approximate surface area is 180 Å². The number of ether oxygens (including phenoxy) is 5. The molecule has 7 heteroatoms. The van der Waals surface area contributed by atoms with Crippen molar-refractivity contribution in [3.05, 3.63) is 58.4 Å². The molecule has 0 bridgehead atoms. The summed E-state index contributed by atoms with van der Waals surface area (Å²) < 4.78 is 33.8. The van der Waals surface area contributed by atoms with Crippen molar-refractivity contribution in [2.75, 3.05) is 52.9 Å². The average molecular weight is 426 g/mol. The second kappa shape index (κ2) is 10.4. The van der Waals surface area contributed by atoms with Gasteiger partial charge >= 0.3 is 5.63 Å². The predicted octanol–water partition coefficient (Wildman–Crippen LogP) is 3.59. The molecule has 31 heavy (non-hydrogen) atoms. The molecule has 164 valence electrons. The van der Waals surface area contributed by atoms with Crippen molar-refractivity contribution in [1.29, 1.82) is 0 Å². The van der Waals surface area contributed by atoms with E-state index in [-0.39, 0.29) is 0 Å². The maximum absolute atomic E-state index is 12.7. The summed E-state index contributed by atoms with van der Waals surface area (Å²) in [4.78, 5) is 12.7. The molecule has 1 aliphatic rings. The van der Waals surface area contributed by atoms with Gasteiger partial charge in [0.15, 0.2) is 11.5 Å². The maximum atomic E-state index is 12.7. The molecule has 0 saturated heterocycles. The lowest BCUT2D eigenvalue weighted by Gasteiger charge is -2.14. The molecule has 3 aromatic rings. The fourth-order valence-electron chi connectivity index (χ4n) is 3.38. The molecule has 4 rings (SSSR count). The van der Waals surface area contributed by atoms with Gasteiger partial charge in [-0.3, -0.25) is 0 Å². The lowest BCUT2D eigenvalue weighted by molar-refractivity contribution is 0.00708. The molecule has 0 amide bonds. The van der Waals surface area contributed by atoms with Crippen LogP contribution in [0, 0.1) is 6.92 Å². The molecule has 0 N–H and O–H groups in total. The van der Waals surface area contributed by atoms with Gasteiger partial charge in [0.1, 0.15) is 18.8 Å². The van der Waals surface area contributed by atoms with Gasteiger partial charge in [0.2, 0.25) is 0 Å². The van der Waals surface area contributed by atoms with Crippen molar-refractivity contribution in [3.63, 3.8) is 0 Å². The van der Waals surface area contributed by atoms with Crippen LogP contribution < -0.4 is 15.1 Å². The van der Waals surface area contributed by atoms with Gasteiger partial charge in [-0.15, -0.1) is 0 Å². The molecule has 0 unspecified atom stereocenters. The highest BCUT2D eigenvalue weighted by Gasteiger charge is 2.14. The second-order valence-electron chi connectivity index (χ2n) is 7.13. The Balaban J connectivity index is 1.66. The molecule has 0 radical (unpaired) electrons. The Morgan fingerprint density at radius 3 is 1.90 bits per heavy atom. The van der Waals surface area contributed by atoms with Crippen molar-refractivity contribution in [2.45, 2.75) is 6.92 Å². The van der Waals surface area contributed by atoms with E-state index in [2.05, 4.69) is 0 Å². The number of fused-ring (bicyclic) bond motifs is 2. The van der Waals surface area contributed by atoms with E-state index in [4.69, 9.17) is 28.1 Å². The fraction of sp³-hybridized carbons (Fsp3) is 0.375. The Morgan fingerprint density at radius 2 is 1.26 bits per heavy atom. The minimum absolute atomic E-state index is 0.337. The van der Waals surface area contributed by atoms with Crippen LogP contribution in [0.2, 0.25) is 0 Å². The first-order chi connectivity index (χ1) is 15.2. The van der Waals surface area contributed by atoms with Crippen molar-refractivity contribution >= 4 is 11.0 Å². The monoisotopic (exact) mass is 426 g/mol. The van der Waals surface area contributed by atoms with Crippen LogP contribution in [-0.4, -0.2) is 52.9 Å². The largest absolute Gasteiger partial charge is 0.487 e. The molecule has 0 atom stereocenters. The fourth-order valence-corrected chi connectivity index (χ4v) is 3.38. The molecular formula is C24H26O7. The van der Waals surface area contributed by atoms with Crippen LogP contribution in [0.4, 0.5) is 0 Å². The second-order valence-corrected chi connectivity index (χ2v) is 7.13. The first kappa shape index (κ1) is 21.4. The third-order valence-electron chi connectivity index (χ3n) is 4.95. The molecule has 1 aromatic heterocycles. The highest BCUT2D eigenvalue weighted by Crippen LogP contribution is 2.34. The minimum Gasteiger partial charge on any atom is -0.487 e. The van der Waals surface area contributed by atoms with Crippen LogP contribution in [0.25, 0.3) is 22.1 Å². The number of hydrogen-bond donors (Lipinski definition) is 0. The average Bonchev–Trinajstić information content (AvgIpc) is 2.77. The SMILES string of the molecule is Cc1ccccc1-c1cc2cc3c(cc2oc1=O)OCCOCCOCCOCCO3. The zero-order valence-electron chi connectivity index (χ0n) is 17.6. The molecular weight excluding hydrogens is 400 g/mol. The molecule has 2 heterocycles. The van der Waals surface area contributed by atoms with E-state index in [1.54, 1.807) is 6.07 Å². The number of hydrogen-bond acceptors (Lipinski definition) is 7. The summed E-state index contributed by atoms with van der Waals surface area (Å²) in [5.41, 5.74) is 2.41. The Morgan fingerprint density at radius 1 is 0.677 bits per heavy atom. The summed E-state index contributed by atoms with van der Waals surface area (Å²) in [6, 6.07) is 13.1. The number of benzene rings is 2. The first-order valence-corrected chi connectivity index (χ1v) is 10.4. The summed E-state index contributed by atoms with van der Waals surface area (Å²) in [5, 5.41) is 0.753. The van der Waals surface area contributed by atoms with Crippen molar-refractivity contribution in [1.82, 2.24) is 0 Å². The lowest BCUT2D eigenvalue weighted by Crippen LogP contribution is -2.13. The normalized spacial score (nSPS) is 16.4. The molecule has 7 nitrogen and oxygen atoms in total. The summed E-state index contributed by atoms with van der Waals surface area (Å²) in [7, 11) is 0. The van der Waals surface area contributed by atoms with Crippen LogP contribution >= 0.6 is 0 Å². The summed E-state index contributed by atoms with van der Waals surface area (Å²) >= 11 is 0. The lowest BCUT2D eigenvalue weighted by atomic mass is 10.0. The van der Waals surface area contributed by atoms with E-state index in [0.29, 0.717) is 75.5 Å². The minimum atomic E-state index is -0.392. The standard InChI is InChI=1S/C24H26O7/c1-17-4-2-3-5-19(17)20-14-18-15-22-23(16-21(18)31-24(20)25)30-13-11-28-9-7-26-6-8-27-10-12-29-22/h2-5,14-16H,6-13H2,1H3. The van der Waals surface area contributed by atoms with Crippen LogP contribution in [0.5, 0.6) is 11.5 Å². The van der Waals surface area contributed by atoms with Crippen molar-refractivity contribution < 1.29 is 28.1 Å². The maximum Gasteiger partial charge on any atom is 0.344 e. The number of aryl methyl sites for hydroxylation is 1. The van der Waals surface area contributed by atoms with Gasteiger partial charge < -0.3 is 28.1 Å². The molecule has 0 fully saturated rings. The Kier molecular flexibility index (Phi) is 7.19. The van der Waals surface area contributed by atoms with Crippen LogP contribution in [0.15, 0.2) is 51.7 Å². The van der Waals surface area contributed by atoms with E-state index in [1.165, 1.54) is 0 Å². The van der Waals surface area contributed by atoms with Gasteiger partial charge in [-0.05, 0) is 30.2 Å². The topological polar surface area (TPSA) is 76.4 Å². The van der Waals surface area contributed by atoms with E-state index < -0.39 is 5.63 Å². The van der Waals surface area contributed by atoms with E-state index in [1.807, 2.05) is 43.3 Å². The van der Waals surface area contributed by atoms with Crippen LogP contribution in [0.1, 0.15) is 5.56 Å². The quantitative estimate of drug-likeness (QED) is 0.551. The summed E-state index contributed by atoms with van der Waals surface area (Å²) in [6.45, 7) is 5.51. The van der Waals surface area contributed by atoms with E-state index >= 15 is 0 Å². The smallest absolute Gasteiger partial charge is 0.344 e. The predicted molar refractivity (Wildman–Crippen MR) is 116 cm³/mol. The first-order valence-electron chi connectivity index (χ1n) is 10.4. The Bertz CT molecular complexity index is 1070. The molecule has 0 aliphatic carbocycles. The van der Waals surface area contributed by atoms with Gasteiger partial charge in [0.05, 0.1) is 45.2 Å². The third-order valence-corrected chi connectivity index (χ3v) is 4.95. The van der Waals surface area contributed by atoms with Crippen LogP contribution in [-0.2, 0) is 14.2 Å². The third kappa shape index (κ3) is 5.44. The van der Waals surface area contributed by atoms with Gasteiger partial charge in [-0.25, -0.2) is 4.79 Å². The van der Waals surface area contributed by atoms with Gasteiger partial charge in [-0.1, -0.05) is 24.3 Å². The zero-order valence-corrected chi connectivity index (χ0v) is 17.6. The van der Waals surface area contributed by atoms with E-state index in [9.17, 15) is 4.79 Å². The molecule has 1 aliphatic heterocycles. The molecule has 0 saturated carbocycles. The van der Waals surface area contributed by atoms with Gasteiger partial charge in [0.25, 0.3) is 0 Å². The highest BCUT2D eigenvalue weighted by molar-refractivity contribution is 5.85. The summed E-state index contributed by atoms with van der Waals surface area (Å²) in [6.07, 6.45) is 0. The van der Waals surface area contributed by atoms with Crippen LogP contribution in [0.3, 0.4) is 0 Å².